The highest BCUT2D eigenvalue weighted by Crippen LogP contribution is 2.13. The number of rotatable bonds is 5. The second-order valence-corrected chi connectivity index (χ2v) is 6.76. The topological polar surface area (TPSA) is 70.2 Å². The van der Waals surface area contributed by atoms with Crippen molar-refractivity contribution in [2.75, 3.05) is 13.1 Å². The highest BCUT2D eigenvalue weighted by atomic mass is 35.5. The van der Waals surface area contributed by atoms with Crippen molar-refractivity contribution in [1.82, 2.24) is 16.0 Å². The summed E-state index contributed by atoms with van der Waals surface area (Å²) in [6.45, 7) is 7.49. The van der Waals surface area contributed by atoms with Crippen LogP contribution in [0, 0.1) is 17.7 Å². The Morgan fingerprint density at radius 3 is 2.56 bits per heavy atom. The highest BCUT2D eigenvalue weighted by Gasteiger charge is 2.29. The van der Waals surface area contributed by atoms with Gasteiger partial charge in [0.2, 0.25) is 5.91 Å². The van der Waals surface area contributed by atoms with Gasteiger partial charge in [-0.2, -0.15) is 0 Å². The third-order valence-corrected chi connectivity index (χ3v) is 4.51. The maximum atomic E-state index is 13.7. The second-order valence-electron chi connectivity index (χ2n) is 6.76. The Labute approximate surface area is 154 Å². The van der Waals surface area contributed by atoms with Crippen LogP contribution in [0.2, 0.25) is 0 Å². The van der Waals surface area contributed by atoms with Crippen LogP contribution in [0.3, 0.4) is 0 Å². The summed E-state index contributed by atoms with van der Waals surface area (Å²) >= 11 is 0. The van der Waals surface area contributed by atoms with Crippen molar-refractivity contribution in [3.05, 3.63) is 35.6 Å². The molecule has 2 amide bonds. The Balaban J connectivity index is 0.00000312. The average molecular weight is 372 g/mol. The van der Waals surface area contributed by atoms with Gasteiger partial charge in [-0.05, 0) is 36.9 Å². The summed E-state index contributed by atoms with van der Waals surface area (Å²) in [6.07, 6.45) is 0.999. The van der Waals surface area contributed by atoms with Crippen molar-refractivity contribution in [3.63, 3.8) is 0 Å². The number of carbonyl (C=O) groups is 2. The van der Waals surface area contributed by atoms with Crippen molar-refractivity contribution >= 4 is 24.2 Å². The molecule has 140 valence electrons. The zero-order valence-corrected chi connectivity index (χ0v) is 15.7. The first-order valence-corrected chi connectivity index (χ1v) is 8.46. The molecule has 5 nitrogen and oxygen atoms in total. The molecule has 1 aliphatic rings. The van der Waals surface area contributed by atoms with Crippen molar-refractivity contribution in [2.24, 2.45) is 11.8 Å². The summed E-state index contributed by atoms with van der Waals surface area (Å²) in [5.74, 6) is -1.12. The standard InChI is InChI=1S/C18H26FN3O2.ClH/c1-11(2)16(18(24)21-15-10-20-9-8-12(15)3)22-17(23)13-6-4-5-7-14(13)19;/h4-7,11-12,15-16,20H,8-10H2,1-3H3,(H,21,24)(H,22,23);1H. The predicted molar refractivity (Wildman–Crippen MR) is 98.3 cm³/mol. The molecule has 2 rings (SSSR count). The van der Waals surface area contributed by atoms with E-state index >= 15 is 0 Å². The molecule has 1 fully saturated rings. The summed E-state index contributed by atoms with van der Waals surface area (Å²) in [6, 6.07) is 5.10. The van der Waals surface area contributed by atoms with Gasteiger partial charge in [0.05, 0.1) is 5.56 Å². The average Bonchev–Trinajstić information content (AvgIpc) is 2.54. The Bertz CT molecular complexity index is 597. The lowest BCUT2D eigenvalue weighted by Crippen LogP contribution is -2.57. The summed E-state index contributed by atoms with van der Waals surface area (Å²) in [5, 5.41) is 8.94. The molecule has 3 unspecified atom stereocenters. The van der Waals surface area contributed by atoms with Crippen LogP contribution in [0.4, 0.5) is 4.39 Å². The van der Waals surface area contributed by atoms with Crippen molar-refractivity contribution < 1.29 is 14.0 Å². The molecule has 0 spiro atoms. The first-order valence-electron chi connectivity index (χ1n) is 8.46. The first kappa shape index (κ1) is 21.4. The van der Waals surface area contributed by atoms with E-state index in [9.17, 15) is 14.0 Å². The van der Waals surface area contributed by atoms with Gasteiger partial charge in [0, 0.05) is 12.6 Å². The number of amides is 2. The minimum atomic E-state index is -0.703. The molecule has 0 saturated carbocycles. The van der Waals surface area contributed by atoms with E-state index in [4.69, 9.17) is 0 Å². The lowest BCUT2D eigenvalue weighted by Gasteiger charge is -2.32. The lowest BCUT2D eigenvalue weighted by molar-refractivity contribution is -0.125. The van der Waals surface area contributed by atoms with Gasteiger partial charge >= 0.3 is 0 Å². The number of hydrogen-bond acceptors (Lipinski definition) is 3. The van der Waals surface area contributed by atoms with Gasteiger partial charge < -0.3 is 16.0 Å². The van der Waals surface area contributed by atoms with E-state index in [1.807, 2.05) is 13.8 Å². The van der Waals surface area contributed by atoms with E-state index in [1.165, 1.54) is 18.2 Å². The third-order valence-electron chi connectivity index (χ3n) is 4.51. The Hall–Kier alpha value is -1.66. The summed E-state index contributed by atoms with van der Waals surface area (Å²) in [5.41, 5.74) is -0.0522. The van der Waals surface area contributed by atoms with Gasteiger partial charge in [-0.15, -0.1) is 12.4 Å². The molecular formula is C18H27ClFN3O2. The van der Waals surface area contributed by atoms with Crippen LogP contribution in [0.25, 0.3) is 0 Å². The maximum Gasteiger partial charge on any atom is 0.254 e. The van der Waals surface area contributed by atoms with Crippen LogP contribution in [0.15, 0.2) is 24.3 Å². The molecule has 0 radical (unpaired) electrons. The Morgan fingerprint density at radius 1 is 1.28 bits per heavy atom. The van der Waals surface area contributed by atoms with E-state index in [1.54, 1.807) is 6.07 Å². The lowest BCUT2D eigenvalue weighted by atomic mass is 9.93. The fraction of sp³-hybridized carbons (Fsp3) is 0.556. The molecule has 3 atom stereocenters. The number of benzene rings is 1. The molecule has 0 aliphatic carbocycles. The van der Waals surface area contributed by atoms with E-state index < -0.39 is 17.8 Å². The summed E-state index contributed by atoms with van der Waals surface area (Å²) < 4.78 is 13.7. The van der Waals surface area contributed by atoms with E-state index in [-0.39, 0.29) is 35.8 Å². The summed E-state index contributed by atoms with van der Waals surface area (Å²) in [7, 11) is 0. The predicted octanol–water partition coefficient (Wildman–Crippen LogP) is 2.12. The quantitative estimate of drug-likeness (QED) is 0.742. The van der Waals surface area contributed by atoms with E-state index in [0.29, 0.717) is 5.92 Å². The van der Waals surface area contributed by atoms with Crippen LogP contribution >= 0.6 is 12.4 Å². The molecule has 0 aromatic heterocycles. The van der Waals surface area contributed by atoms with Gasteiger partial charge in [0.1, 0.15) is 11.9 Å². The normalized spacial score (nSPS) is 21.2. The minimum Gasteiger partial charge on any atom is -0.350 e. The molecule has 1 aromatic carbocycles. The highest BCUT2D eigenvalue weighted by molar-refractivity contribution is 5.97. The summed E-state index contributed by atoms with van der Waals surface area (Å²) in [4.78, 5) is 24.9. The Morgan fingerprint density at radius 2 is 1.96 bits per heavy atom. The van der Waals surface area contributed by atoms with Crippen LogP contribution in [-0.2, 0) is 4.79 Å². The monoisotopic (exact) mass is 371 g/mol. The number of halogens is 2. The second kappa shape index (κ2) is 9.73. The van der Waals surface area contributed by atoms with Gasteiger partial charge in [0.25, 0.3) is 5.91 Å². The van der Waals surface area contributed by atoms with Crippen LogP contribution < -0.4 is 16.0 Å². The fourth-order valence-electron chi connectivity index (χ4n) is 2.85. The number of hydrogen-bond donors (Lipinski definition) is 3. The van der Waals surface area contributed by atoms with Gasteiger partial charge in [-0.3, -0.25) is 9.59 Å². The third kappa shape index (κ3) is 5.68. The van der Waals surface area contributed by atoms with Crippen LogP contribution in [0.1, 0.15) is 37.6 Å². The first-order chi connectivity index (χ1) is 11.4. The number of carbonyl (C=O) groups excluding carboxylic acids is 2. The minimum absolute atomic E-state index is 0. The molecule has 1 saturated heterocycles. The van der Waals surface area contributed by atoms with Gasteiger partial charge in [-0.25, -0.2) is 4.39 Å². The SMILES string of the molecule is CC(C)C(NC(=O)c1ccccc1F)C(=O)NC1CNCCC1C.Cl. The Kier molecular flexibility index (Phi) is 8.32. The van der Waals surface area contributed by atoms with Gasteiger partial charge in [0.15, 0.2) is 0 Å². The van der Waals surface area contributed by atoms with Gasteiger partial charge in [-0.1, -0.05) is 32.9 Å². The van der Waals surface area contributed by atoms with Crippen molar-refractivity contribution in [1.29, 1.82) is 0 Å². The molecule has 0 bridgehead atoms. The molecule has 1 aromatic rings. The number of piperidine rings is 1. The molecular weight excluding hydrogens is 345 g/mol. The molecule has 1 heterocycles. The largest absolute Gasteiger partial charge is 0.350 e. The number of nitrogens with one attached hydrogen (secondary N) is 3. The molecule has 25 heavy (non-hydrogen) atoms. The van der Waals surface area contributed by atoms with Crippen molar-refractivity contribution in [3.8, 4) is 0 Å². The maximum absolute atomic E-state index is 13.7. The van der Waals surface area contributed by atoms with Crippen molar-refractivity contribution in [2.45, 2.75) is 39.3 Å². The molecule has 3 N–H and O–H groups in total. The zero-order chi connectivity index (χ0) is 17.7. The fourth-order valence-corrected chi connectivity index (χ4v) is 2.85. The molecule has 1 aliphatic heterocycles. The zero-order valence-electron chi connectivity index (χ0n) is 14.8. The van der Waals surface area contributed by atoms with E-state index in [2.05, 4.69) is 22.9 Å². The van der Waals surface area contributed by atoms with E-state index in [0.717, 1.165) is 19.5 Å². The molecule has 7 heteroatoms. The smallest absolute Gasteiger partial charge is 0.254 e. The van der Waals surface area contributed by atoms with Crippen LogP contribution in [-0.4, -0.2) is 37.0 Å². The van der Waals surface area contributed by atoms with Crippen LogP contribution in [0.5, 0.6) is 0 Å².